The van der Waals surface area contributed by atoms with Crippen LogP contribution in [0.2, 0.25) is 0 Å². The van der Waals surface area contributed by atoms with Crippen molar-refractivity contribution in [1.82, 2.24) is 20.0 Å². The highest BCUT2D eigenvalue weighted by molar-refractivity contribution is 6.44. The van der Waals surface area contributed by atoms with Crippen molar-refractivity contribution in [3.05, 3.63) is 53.9 Å². The van der Waals surface area contributed by atoms with E-state index in [4.69, 9.17) is 19.0 Å². The Labute approximate surface area is 218 Å². The predicted octanol–water partition coefficient (Wildman–Crippen LogP) is 1.25. The van der Waals surface area contributed by atoms with Gasteiger partial charge in [0.25, 0.3) is 5.91 Å². The molecule has 2 amide bonds. The van der Waals surface area contributed by atoms with Crippen LogP contribution in [0.5, 0.6) is 0 Å². The average Bonchev–Trinajstić information content (AvgIpc) is 3.60. The summed E-state index contributed by atoms with van der Waals surface area (Å²) in [6, 6.07) is 9.65. The first-order valence-electron chi connectivity index (χ1n) is 12.3. The lowest BCUT2D eigenvalue weighted by atomic mass is 10.0. The van der Waals surface area contributed by atoms with Gasteiger partial charge in [-0.2, -0.15) is 5.10 Å². The van der Waals surface area contributed by atoms with Gasteiger partial charge in [0.15, 0.2) is 11.8 Å². The largest absolute Gasteiger partial charge is 0.463 e. The fourth-order valence-electron chi connectivity index (χ4n) is 4.28. The van der Waals surface area contributed by atoms with Crippen LogP contribution >= 0.6 is 0 Å². The van der Waals surface area contributed by atoms with E-state index in [-0.39, 0.29) is 31.6 Å². The smallest absolute Gasteiger partial charge is 0.410 e. The number of aromatic amines is 1. The minimum absolute atomic E-state index is 0.0480. The highest BCUT2D eigenvalue weighted by Crippen LogP contribution is 2.25. The molecule has 4 rings (SSSR count). The summed E-state index contributed by atoms with van der Waals surface area (Å²) in [5.41, 5.74) is 1.11. The van der Waals surface area contributed by atoms with Crippen molar-refractivity contribution >= 4 is 29.7 Å². The van der Waals surface area contributed by atoms with Crippen molar-refractivity contribution in [3.63, 3.8) is 0 Å². The number of aromatic nitrogens is 2. The van der Waals surface area contributed by atoms with Crippen LogP contribution in [0.4, 0.5) is 4.79 Å². The first-order valence-corrected chi connectivity index (χ1v) is 12.3. The van der Waals surface area contributed by atoms with Crippen LogP contribution in [-0.2, 0) is 40.0 Å². The van der Waals surface area contributed by atoms with Crippen LogP contribution in [0, 0.1) is 0 Å². The van der Waals surface area contributed by atoms with E-state index in [2.05, 4.69) is 15.4 Å². The third-order valence-corrected chi connectivity index (χ3v) is 6.15. The van der Waals surface area contributed by atoms with Gasteiger partial charge in [0.2, 0.25) is 6.61 Å². The van der Waals surface area contributed by atoms with E-state index >= 15 is 0 Å². The summed E-state index contributed by atoms with van der Waals surface area (Å²) in [6.45, 7) is 2.03. The van der Waals surface area contributed by atoms with Gasteiger partial charge in [-0.3, -0.25) is 14.8 Å². The second kappa shape index (κ2) is 12.7. The maximum absolute atomic E-state index is 13.3. The zero-order valence-electron chi connectivity index (χ0n) is 20.9. The number of hydrogen-bond donors (Lipinski definition) is 1. The number of amides is 2. The molecular formula is C25H29N5O8. The number of benzene rings is 1. The molecule has 1 aromatic heterocycles. The maximum atomic E-state index is 13.3. The molecule has 0 saturated carbocycles. The van der Waals surface area contributed by atoms with Crippen molar-refractivity contribution in [1.29, 1.82) is 0 Å². The van der Waals surface area contributed by atoms with E-state index in [0.29, 0.717) is 31.6 Å². The minimum atomic E-state index is -0.850. The number of carbonyl (C=O) groups excluding carboxylic acids is 4. The summed E-state index contributed by atoms with van der Waals surface area (Å²) in [4.78, 5) is 58.1. The van der Waals surface area contributed by atoms with Crippen molar-refractivity contribution in [2.75, 3.05) is 32.9 Å². The number of H-pyrrole nitrogens is 1. The third-order valence-electron chi connectivity index (χ3n) is 6.15. The Hall–Kier alpha value is -4.42. The first-order chi connectivity index (χ1) is 18.5. The SMILES string of the molecule is CCOC(=O)CON=C(C(=O)N1CCC(N2C(=O)OCC2C(=O)OCc2ccccc2)CC1)c1ccn[nH]1. The summed E-state index contributed by atoms with van der Waals surface area (Å²) < 4.78 is 15.4. The quantitative estimate of drug-likeness (QED) is 0.208. The minimum Gasteiger partial charge on any atom is -0.463 e. The molecule has 0 spiro atoms. The van der Waals surface area contributed by atoms with Crippen LogP contribution in [-0.4, -0.2) is 94.6 Å². The lowest BCUT2D eigenvalue weighted by Gasteiger charge is -2.37. The molecule has 2 saturated heterocycles. The number of ether oxygens (including phenoxy) is 3. The van der Waals surface area contributed by atoms with E-state index in [0.717, 1.165) is 5.56 Å². The molecule has 1 N–H and O–H groups in total. The van der Waals surface area contributed by atoms with E-state index < -0.39 is 36.6 Å². The molecule has 13 nitrogen and oxygen atoms in total. The van der Waals surface area contributed by atoms with Gasteiger partial charge in [-0.25, -0.2) is 14.4 Å². The monoisotopic (exact) mass is 527 g/mol. The maximum Gasteiger partial charge on any atom is 0.410 e. The molecule has 202 valence electrons. The average molecular weight is 528 g/mol. The number of oxime groups is 1. The van der Waals surface area contributed by atoms with Crippen LogP contribution in [0.1, 0.15) is 31.0 Å². The van der Waals surface area contributed by atoms with E-state index in [1.807, 2.05) is 30.3 Å². The zero-order valence-corrected chi connectivity index (χ0v) is 20.9. The third kappa shape index (κ3) is 6.47. The molecule has 13 heteroatoms. The normalized spacial score (nSPS) is 18.2. The molecular weight excluding hydrogens is 498 g/mol. The van der Waals surface area contributed by atoms with Gasteiger partial charge >= 0.3 is 18.0 Å². The summed E-state index contributed by atoms with van der Waals surface area (Å²) in [5, 5.41) is 10.4. The van der Waals surface area contributed by atoms with Crippen molar-refractivity contribution in [3.8, 4) is 0 Å². The molecule has 0 aliphatic carbocycles. The Morgan fingerprint density at radius 1 is 1.13 bits per heavy atom. The Balaban J connectivity index is 1.36. The zero-order chi connectivity index (χ0) is 26.9. The molecule has 2 fully saturated rings. The molecule has 38 heavy (non-hydrogen) atoms. The van der Waals surface area contributed by atoms with Gasteiger partial charge in [-0.15, -0.1) is 0 Å². The van der Waals surface area contributed by atoms with Gasteiger partial charge in [0.05, 0.1) is 12.3 Å². The number of cyclic esters (lactones) is 1. The molecule has 0 bridgehead atoms. The van der Waals surface area contributed by atoms with Gasteiger partial charge in [-0.05, 0) is 31.4 Å². The Bertz CT molecular complexity index is 1150. The molecule has 0 radical (unpaired) electrons. The second-order valence-corrected chi connectivity index (χ2v) is 8.61. The summed E-state index contributed by atoms with van der Waals surface area (Å²) in [6.07, 6.45) is 1.72. The van der Waals surface area contributed by atoms with E-state index in [1.165, 1.54) is 11.1 Å². The molecule has 1 aromatic carbocycles. The standard InChI is InChI=1S/C25H29N5O8/c1-2-35-21(31)16-38-28-22(19-8-11-26-27-19)23(32)29-12-9-18(10-13-29)30-20(15-37-25(30)34)24(33)36-14-17-6-4-3-5-7-17/h3-8,11,18,20H,2,9-10,12-16H2,1H3,(H,26,27). The number of rotatable bonds is 10. The van der Waals surface area contributed by atoms with Gasteiger partial charge in [0.1, 0.15) is 13.2 Å². The van der Waals surface area contributed by atoms with Crippen LogP contribution in [0.15, 0.2) is 47.8 Å². The van der Waals surface area contributed by atoms with Gasteiger partial charge in [0, 0.05) is 25.3 Å². The van der Waals surface area contributed by atoms with Crippen LogP contribution < -0.4 is 0 Å². The summed E-state index contributed by atoms with van der Waals surface area (Å²) in [7, 11) is 0. The number of carbonyl (C=O) groups is 4. The molecule has 1 atom stereocenters. The van der Waals surface area contributed by atoms with Gasteiger partial charge < -0.3 is 23.9 Å². The molecule has 2 aliphatic rings. The topological polar surface area (TPSA) is 153 Å². The lowest BCUT2D eigenvalue weighted by molar-refractivity contribution is -0.150. The number of nitrogens with one attached hydrogen (secondary N) is 1. The van der Waals surface area contributed by atoms with Crippen LogP contribution in [0.3, 0.4) is 0 Å². The Kier molecular flexibility index (Phi) is 8.90. The second-order valence-electron chi connectivity index (χ2n) is 8.61. The molecule has 1 unspecified atom stereocenters. The number of hydrogen-bond acceptors (Lipinski definition) is 10. The highest BCUT2D eigenvalue weighted by Gasteiger charge is 2.44. The summed E-state index contributed by atoms with van der Waals surface area (Å²) >= 11 is 0. The number of likely N-dealkylation sites (tertiary alicyclic amines) is 1. The molecule has 3 heterocycles. The number of piperidine rings is 1. The predicted molar refractivity (Wildman–Crippen MR) is 131 cm³/mol. The highest BCUT2D eigenvalue weighted by atomic mass is 16.7. The fraction of sp³-hybridized carbons (Fsp3) is 0.440. The number of esters is 2. The Morgan fingerprint density at radius 2 is 1.89 bits per heavy atom. The first kappa shape index (κ1) is 26.6. The van der Waals surface area contributed by atoms with Gasteiger partial charge in [-0.1, -0.05) is 35.5 Å². The lowest BCUT2D eigenvalue weighted by Crippen LogP contribution is -2.52. The molecule has 2 aromatic rings. The molecule has 2 aliphatic heterocycles. The van der Waals surface area contributed by atoms with Crippen LogP contribution in [0.25, 0.3) is 0 Å². The number of nitrogens with zero attached hydrogens (tertiary/aromatic N) is 4. The van der Waals surface area contributed by atoms with Crippen molar-refractivity contribution in [2.24, 2.45) is 5.16 Å². The fourth-order valence-corrected chi connectivity index (χ4v) is 4.28. The van der Waals surface area contributed by atoms with E-state index in [9.17, 15) is 19.2 Å². The van der Waals surface area contributed by atoms with Crippen molar-refractivity contribution < 1.29 is 38.2 Å². The van der Waals surface area contributed by atoms with E-state index in [1.54, 1.807) is 17.9 Å². The Morgan fingerprint density at radius 3 is 2.58 bits per heavy atom. The van der Waals surface area contributed by atoms with Crippen molar-refractivity contribution in [2.45, 2.75) is 38.5 Å². The summed E-state index contributed by atoms with van der Waals surface area (Å²) in [5.74, 6) is -1.58.